The molecule has 1 atom stereocenters. The molecule has 2 aliphatic rings. The van der Waals surface area contributed by atoms with E-state index < -0.39 is 6.04 Å². The molecule has 8 heteroatoms. The van der Waals surface area contributed by atoms with E-state index >= 15 is 0 Å². The van der Waals surface area contributed by atoms with Crippen LogP contribution in [0.5, 0.6) is 11.6 Å². The molecule has 1 fully saturated rings. The fourth-order valence-corrected chi connectivity index (χ4v) is 4.39. The van der Waals surface area contributed by atoms with Crippen molar-refractivity contribution in [3.05, 3.63) is 50.1 Å². The van der Waals surface area contributed by atoms with Crippen LogP contribution in [-0.4, -0.2) is 33.3 Å². The lowest BCUT2D eigenvalue weighted by atomic mass is 9.95. The fraction of sp³-hybridized carbons (Fsp3) is 0.368. The number of H-pyrrole nitrogens is 2. The van der Waals surface area contributed by atoms with Crippen molar-refractivity contribution in [3.63, 3.8) is 0 Å². The van der Waals surface area contributed by atoms with Crippen molar-refractivity contribution in [1.29, 1.82) is 0 Å². The molecule has 1 aliphatic carbocycles. The molecule has 7 nitrogen and oxygen atoms in total. The van der Waals surface area contributed by atoms with Crippen LogP contribution in [0.2, 0.25) is 0 Å². The van der Waals surface area contributed by atoms with E-state index in [1.165, 1.54) is 0 Å². The van der Waals surface area contributed by atoms with E-state index in [2.05, 4.69) is 15.3 Å². The number of aromatic nitrogens is 3. The van der Waals surface area contributed by atoms with Crippen LogP contribution in [0.3, 0.4) is 0 Å². The second-order valence-electron chi connectivity index (χ2n) is 7.16. The number of aromatic amines is 2. The molecular weight excluding hydrogens is 364 g/mol. The molecule has 0 bridgehead atoms. The highest BCUT2D eigenvalue weighted by Gasteiger charge is 2.34. The van der Waals surface area contributed by atoms with Gasteiger partial charge in [0.25, 0.3) is 5.56 Å². The first kappa shape index (κ1) is 16.6. The number of fused-ring (bicyclic) bond motifs is 3. The zero-order valence-electron chi connectivity index (χ0n) is 14.8. The van der Waals surface area contributed by atoms with Gasteiger partial charge in [-0.15, -0.1) is 0 Å². The van der Waals surface area contributed by atoms with Crippen molar-refractivity contribution in [1.82, 2.24) is 19.9 Å². The number of ether oxygens (including phenoxy) is 1. The van der Waals surface area contributed by atoms with Crippen LogP contribution >= 0.6 is 12.2 Å². The summed E-state index contributed by atoms with van der Waals surface area (Å²) in [5, 5.41) is 15.4. The molecule has 3 heterocycles. The van der Waals surface area contributed by atoms with Gasteiger partial charge in [-0.25, -0.2) is 0 Å². The van der Waals surface area contributed by atoms with E-state index in [1.54, 1.807) is 11.7 Å². The van der Waals surface area contributed by atoms with Crippen molar-refractivity contribution < 1.29 is 9.84 Å². The van der Waals surface area contributed by atoms with Gasteiger partial charge in [-0.05, 0) is 55.2 Å². The van der Waals surface area contributed by atoms with E-state index in [0.29, 0.717) is 12.1 Å². The second-order valence-corrected chi connectivity index (χ2v) is 7.55. The molecule has 27 heavy (non-hydrogen) atoms. The topological polar surface area (TPSA) is 95.1 Å². The summed E-state index contributed by atoms with van der Waals surface area (Å²) >= 11 is 5.27. The number of nitrogens with zero attached hydrogens (tertiary/aromatic N) is 1. The number of hydrogen-bond donors (Lipinski definition) is 4. The zero-order valence-corrected chi connectivity index (χ0v) is 15.7. The molecule has 1 saturated carbocycles. The Bertz CT molecular complexity index is 1170. The summed E-state index contributed by atoms with van der Waals surface area (Å²) < 4.78 is 7.31. The van der Waals surface area contributed by atoms with Crippen LogP contribution in [0.15, 0.2) is 23.0 Å². The Morgan fingerprint density at radius 1 is 1.30 bits per heavy atom. The standard InChI is InChI=1S/C19H20N4O3S/c1-26-10-4-5-13-12(8-10)11-6-7-20-16(15(11)21-13)14-17(24)22-19(27)23(18(14)25)9-2-3-9/h4-5,8-9,16,20-21,25H,2-3,6-7H2,1H3,(H,22,24,27). The van der Waals surface area contributed by atoms with E-state index in [4.69, 9.17) is 17.0 Å². The minimum Gasteiger partial charge on any atom is -0.497 e. The van der Waals surface area contributed by atoms with E-state index in [0.717, 1.165) is 47.2 Å². The average Bonchev–Trinajstić information content (AvgIpc) is 3.41. The van der Waals surface area contributed by atoms with Crippen LogP contribution in [0.1, 0.15) is 41.7 Å². The maximum atomic E-state index is 12.7. The third-order valence-electron chi connectivity index (χ3n) is 5.51. The Kier molecular flexibility index (Phi) is 3.66. The molecule has 0 radical (unpaired) electrons. The second kappa shape index (κ2) is 5.97. The van der Waals surface area contributed by atoms with Gasteiger partial charge in [0.2, 0.25) is 5.88 Å². The minimum atomic E-state index is -0.420. The summed E-state index contributed by atoms with van der Waals surface area (Å²) in [6.45, 7) is 0.708. The minimum absolute atomic E-state index is 0.0344. The van der Waals surface area contributed by atoms with Gasteiger partial charge in [-0.1, -0.05) is 0 Å². The molecule has 0 amide bonds. The summed E-state index contributed by atoms with van der Waals surface area (Å²) in [7, 11) is 1.65. The Labute approximate surface area is 160 Å². The highest BCUT2D eigenvalue weighted by atomic mass is 32.1. The van der Waals surface area contributed by atoms with Gasteiger partial charge in [0, 0.05) is 29.2 Å². The molecule has 5 rings (SSSR count). The Morgan fingerprint density at radius 2 is 2.11 bits per heavy atom. The van der Waals surface area contributed by atoms with Crippen molar-refractivity contribution in [2.24, 2.45) is 0 Å². The largest absolute Gasteiger partial charge is 0.497 e. The first-order valence-electron chi connectivity index (χ1n) is 9.08. The lowest BCUT2D eigenvalue weighted by molar-refractivity contribution is 0.387. The van der Waals surface area contributed by atoms with Crippen molar-refractivity contribution in [3.8, 4) is 11.6 Å². The quantitative estimate of drug-likeness (QED) is 0.521. The maximum absolute atomic E-state index is 12.7. The van der Waals surface area contributed by atoms with Crippen LogP contribution in [0, 0.1) is 4.77 Å². The molecule has 140 valence electrons. The number of nitrogens with one attached hydrogen (secondary N) is 3. The number of methoxy groups -OCH3 is 1. The molecule has 2 aromatic heterocycles. The zero-order chi connectivity index (χ0) is 18.7. The summed E-state index contributed by atoms with van der Waals surface area (Å²) in [6, 6.07) is 5.64. The average molecular weight is 384 g/mol. The molecule has 1 aliphatic heterocycles. The van der Waals surface area contributed by atoms with Gasteiger partial charge in [0.1, 0.15) is 11.3 Å². The lowest BCUT2D eigenvalue weighted by Crippen LogP contribution is -2.35. The van der Waals surface area contributed by atoms with Gasteiger partial charge < -0.3 is 20.1 Å². The Morgan fingerprint density at radius 3 is 2.85 bits per heavy atom. The number of aromatic hydroxyl groups is 1. The third kappa shape index (κ3) is 2.51. The smallest absolute Gasteiger partial charge is 0.260 e. The molecule has 4 N–H and O–H groups in total. The van der Waals surface area contributed by atoms with Gasteiger partial charge in [0.05, 0.1) is 13.2 Å². The van der Waals surface area contributed by atoms with Gasteiger partial charge in [0.15, 0.2) is 4.77 Å². The third-order valence-corrected chi connectivity index (χ3v) is 5.81. The fourth-order valence-electron chi connectivity index (χ4n) is 4.06. The first-order valence-corrected chi connectivity index (χ1v) is 9.49. The number of hydrogen-bond acceptors (Lipinski definition) is 5. The Balaban J connectivity index is 1.72. The summed E-state index contributed by atoms with van der Waals surface area (Å²) in [4.78, 5) is 18.9. The van der Waals surface area contributed by atoms with E-state index in [-0.39, 0.29) is 22.3 Å². The van der Waals surface area contributed by atoms with Crippen molar-refractivity contribution in [2.75, 3.05) is 13.7 Å². The SMILES string of the molecule is COc1ccc2[nH]c3c(c2c1)CCNC3c1c(O)n(C2CC2)c(=S)[nH]c1=O. The van der Waals surface area contributed by atoms with Gasteiger partial charge in [-0.2, -0.15) is 0 Å². The summed E-state index contributed by atoms with van der Waals surface area (Å²) in [5.41, 5.74) is 3.00. The molecular formula is C19H20N4O3S. The molecule has 0 spiro atoms. The van der Waals surface area contributed by atoms with Gasteiger partial charge in [-0.3, -0.25) is 14.3 Å². The number of benzene rings is 1. The normalized spacial score (nSPS) is 19.2. The van der Waals surface area contributed by atoms with Crippen molar-refractivity contribution >= 4 is 23.1 Å². The van der Waals surface area contributed by atoms with Crippen LogP contribution < -0.4 is 15.6 Å². The van der Waals surface area contributed by atoms with Crippen LogP contribution in [0.4, 0.5) is 0 Å². The summed E-state index contributed by atoms with van der Waals surface area (Å²) in [5.74, 6) is 0.759. The monoisotopic (exact) mass is 384 g/mol. The molecule has 1 aromatic carbocycles. The maximum Gasteiger partial charge on any atom is 0.260 e. The predicted molar refractivity (Wildman–Crippen MR) is 104 cm³/mol. The van der Waals surface area contributed by atoms with Gasteiger partial charge >= 0.3 is 0 Å². The first-order chi connectivity index (χ1) is 13.1. The number of rotatable bonds is 3. The van der Waals surface area contributed by atoms with Crippen LogP contribution in [0.25, 0.3) is 10.9 Å². The van der Waals surface area contributed by atoms with E-state index in [9.17, 15) is 9.90 Å². The predicted octanol–water partition coefficient (Wildman–Crippen LogP) is 2.67. The Hall–Kier alpha value is -2.58. The van der Waals surface area contributed by atoms with Crippen LogP contribution in [-0.2, 0) is 6.42 Å². The highest BCUT2D eigenvalue weighted by Crippen LogP contribution is 2.41. The molecule has 0 saturated heterocycles. The molecule has 1 unspecified atom stereocenters. The summed E-state index contributed by atoms with van der Waals surface area (Å²) in [6.07, 6.45) is 2.76. The molecule has 3 aromatic rings. The lowest BCUT2D eigenvalue weighted by Gasteiger charge is -2.25. The highest BCUT2D eigenvalue weighted by molar-refractivity contribution is 7.71. The van der Waals surface area contributed by atoms with E-state index in [1.807, 2.05) is 18.2 Å². The van der Waals surface area contributed by atoms with Crippen molar-refractivity contribution in [2.45, 2.75) is 31.3 Å².